The predicted octanol–water partition coefficient (Wildman–Crippen LogP) is 3.79. The molecule has 0 spiro atoms. The van der Waals surface area contributed by atoms with Crippen LogP contribution in [0.1, 0.15) is 10.4 Å². The molecule has 3 aromatic rings. The third-order valence-corrected chi connectivity index (χ3v) is 3.93. The van der Waals surface area contributed by atoms with Crippen LogP contribution in [0.5, 0.6) is 5.88 Å². The van der Waals surface area contributed by atoms with Gasteiger partial charge in [0.2, 0.25) is 5.88 Å². The van der Waals surface area contributed by atoms with Gasteiger partial charge in [-0.1, -0.05) is 24.3 Å². The number of ether oxygens (including phenoxy) is 1. The maximum Gasteiger partial charge on any atom is 0.215 e. The number of nitriles is 1. The van der Waals surface area contributed by atoms with E-state index in [4.69, 9.17) is 4.74 Å². The van der Waals surface area contributed by atoms with Crippen LogP contribution in [0.25, 0.3) is 10.9 Å². The molecule has 0 fully saturated rings. The van der Waals surface area contributed by atoms with E-state index < -0.39 is 0 Å². The molecule has 0 atom stereocenters. The molecule has 2 aromatic heterocycles. The van der Waals surface area contributed by atoms with E-state index in [1.807, 2.05) is 30.3 Å². The minimum absolute atomic E-state index is 0.511. The van der Waals surface area contributed by atoms with E-state index in [2.05, 4.69) is 22.5 Å². The first-order valence-corrected chi connectivity index (χ1v) is 7.20. The molecular weight excluding hydrogens is 268 g/mol. The molecule has 98 valence electrons. The van der Waals surface area contributed by atoms with Crippen molar-refractivity contribution in [1.82, 2.24) is 4.98 Å². The minimum Gasteiger partial charge on any atom is -0.477 e. The smallest absolute Gasteiger partial charge is 0.215 e. The van der Waals surface area contributed by atoms with Crippen LogP contribution in [-0.4, -0.2) is 11.6 Å². The quantitative estimate of drug-likeness (QED) is 0.730. The third kappa shape index (κ3) is 2.63. The Bertz CT molecular complexity index is 760. The van der Waals surface area contributed by atoms with Gasteiger partial charge >= 0.3 is 0 Å². The van der Waals surface area contributed by atoms with Crippen molar-refractivity contribution < 1.29 is 4.74 Å². The van der Waals surface area contributed by atoms with Crippen molar-refractivity contribution in [3.63, 3.8) is 0 Å². The highest BCUT2D eigenvalue weighted by atomic mass is 32.1. The maximum atomic E-state index is 9.20. The molecule has 0 aliphatic rings. The van der Waals surface area contributed by atoms with Gasteiger partial charge in [0.1, 0.15) is 6.07 Å². The van der Waals surface area contributed by atoms with E-state index in [0.29, 0.717) is 18.1 Å². The maximum absolute atomic E-state index is 9.20. The van der Waals surface area contributed by atoms with Crippen molar-refractivity contribution in [2.24, 2.45) is 0 Å². The number of pyridine rings is 1. The number of hydrogen-bond acceptors (Lipinski definition) is 4. The van der Waals surface area contributed by atoms with Crippen LogP contribution in [0, 0.1) is 11.3 Å². The van der Waals surface area contributed by atoms with E-state index in [0.717, 1.165) is 17.3 Å². The summed E-state index contributed by atoms with van der Waals surface area (Å²) in [7, 11) is 0. The van der Waals surface area contributed by atoms with Gasteiger partial charge in [-0.3, -0.25) is 0 Å². The molecule has 0 saturated carbocycles. The first kappa shape index (κ1) is 12.6. The normalized spacial score (nSPS) is 10.3. The van der Waals surface area contributed by atoms with Crippen molar-refractivity contribution >= 4 is 22.2 Å². The lowest BCUT2D eigenvalue weighted by Gasteiger charge is -2.07. The summed E-state index contributed by atoms with van der Waals surface area (Å²) in [6.45, 7) is 0.566. The molecule has 3 nitrogen and oxygen atoms in total. The van der Waals surface area contributed by atoms with E-state index in [1.165, 1.54) is 4.88 Å². The van der Waals surface area contributed by atoms with Crippen LogP contribution in [0.2, 0.25) is 0 Å². The molecule has 1 aromatic carbocycles. The summed E-state index contributed by atoms with van der Waals surface area (Å²) in [5.41, 5.74) is 1.39. The molecule has 0 unspecified atom stereocenters. The monoisotopic (exact) mass is 280 g/mol. The Kier molecular flexibility index (Phi) is 3.62. The molecule has 0 radical (unpaired) electrons. The highest BCUT2D eigenvalue weighted by molar-refractivity contribution is 7.09. The first-order valence-electron chi connectivity index (χ1n) is 6.32. The Hall–Kier alpha value is -2.38. The fourth-order valence-corrected chi connectivity index (χ4v) is 2.72. The van der Waals surface area contributed by atoms with E-state index >= 15 is 0 Å². The number of rotatable bonds is 4. The zero-order valence-electron chi connectivity index (χ0n) is 10.7. The van der Waals surface area contributed by atoms with Crippen LogP contribution < -0.4 is 4.74 Å². The first-order chi connectivity index (χ1) is 9.86. The van der Waals surface area contributed by atoms with Gasteiger partial charge in [0.05, 0.1) is 17.7 Å². The summed E-state index contributed by atoms with van der Waals surface area (Å²) in [4.78, 5) is 5.72. The zero-order chi connectivity index (χ0) is 13.8. The molecule has 0 aliphatic carbocycles. The second-order valence-electron chi connectivity index (χ2n) is 4.31. The lowest BCUT2D eigenvalue weighted by molar-refractivity contribution is 0.311. The minimum atomic E-state index is 0.511. The van der Waals surface area contributed by atoms with Crippen LogP contribution in [0.4, 0.5) is 0 Å². The van der Waals surface area contributed by atoms with E-state index in [1.54, 1.807) is 17.4 Å². The largest absolute Gasteiger partial charge is 0.477 e. The molecule has 2 heterocycles. The molecule has 0 bridgehead atoms. The summed E-state index contributed by atoms with van der Waals surface area (Å²) >= 11 is 1.72. The summed E-state index contributed by atoms with van der Waals surface area (Å²) < 4.78 is 5.67. The molecule has 4 heteroatoms. The molecule has 20 heavy (non-hydrogen) atoms. The summed E-state index contributed by atoms with van der Waals surface area (Å²) in [6, 6.07) is 15.6. The zero-order valence-corrected chi connectivity index (χ0v) is 11.6. The summed E-state index contributed by atoms with van der Waals surface area (Å²) in [5.74, 6) is 0.511. The summed E-state index contributed by atoms with van der Waals surface area (Å²) in [5, 5.41) is 12.1. The van der Waals surface area contributed by atoms with Gasteiger partial charge in [0.25, 0.3) is 0 Å². The highest BCUT2D eigenvalue weighted by Crippen LogP contribution is 2.21. The topological polar surface area (TPSA) is 45.9 Å². The fourth-order valence-electron chi connectivity index (χ4n) is 2.03. The van der Waals surface area contributed by atoms with Gasteiger partial charge in [0.15, 0.2) is 0 Å². The predicted molar refractivity (Wildman–Crippen MR) is 80.0 cm³/mol. The van der Waals surface area contributed by atoms with E-state index in [-0.39, 0.29) is 0 Å². The van der Waals surface area contributed by atoms with Crippen LogP contribution in [0.3, 0.4) is 0 Å². The van der Waals surface area contributed by atoms with Crippen LogP contribution in [-0.2, 0) is 6.42 Å². The number of thiophene rings is 1. The van der Waals surface area contributed by atoms with Gasteiger partial charge in [-0.15, -0.1) is 11.3 Å². The van der Waals surface area contributed by atoms with Gasteiger partial charge in [0, 0.05) is 22.8 Å². The van der Waals surface area contributed by atoms with Gasteiger partial charge in [-0.05, 0) is 17.5 Å². The molecule has 0 amide bonds. The second kappa shape index (κ2) is 5.72. The molecule has 0 aliphatic heterocycles. The van der Waals surface area contributed by atoms with Crippen molar-refractivity contribution in [2.45, 2.75) is 6.42 Å². The van der Waals surface area contributed by atoms with Crippen molar-refractivity contribution in [3.05, 3.63) is 58.3 Å². The van der Waals surface area contributed by atoms with Crippen LogP contribution in [0.15, 0.2) is 47.8 Å². The molecule has 0 N–H and O–H groups in total. The van der Waals surface area contributed by atoms with Crippen molar-refractivity contribution in [3.8, 4) is 11.9 Å². The molecule has 0 saturated heterocycles. The number of hydrogen-bond donors (Lipinski definition) is 0. The summed E-state index contributed by atoms with van der Waals surface area (Å²) in [6.07, 6.45) is 0.855. The number of aromatic nitrogens is 1. The Morgan fingerprint density at radius 3 is 2.90 bits per heavy atom. The molecular formula is C16H12N2OS. The van der Waals surface area contributed by atoms with Crippen LogP contribution >= 0.6 is 11.3 Å². The Labute approximate surface area is 121 Å². The van der Waals surface area contributed by atoms with Crippen molar-refractivity contribution in [1.29, 1.82) is 5.26 Å². The average Bonchev–Trinajstić information content (AvgIpc) is 2.99. The number of benzene rings is 1. The number of para-hydroxylation sites is 1. The standard InChI is InChI=1S/C16H12N2OS/c17-11-12-10-16(18-15-6-2-1-5-14(12)15)19-8-7-13-4-3-9-20-13/h1-6,9-10H,7-8H2. The van der Waals surface area contributed by atoms with Crippen molar-refractivity contribution in [2.75, 3.05) is 6.61 Å². The highest BCUT2D eigenvalue weighted by Gasteiger charge is 2.06. The SMILES string of the molecule is N#Cc1cc(OCCc2cccs2)nc2ccccc12. The Morgan fingerprint density at radius 1 is 1.20 bits per heavy atom. The lowest BCUT2D eigenvalue weighted by atomic mass is 10.1. The fraction of sp³-hybridized carbons (Fsp3) is 0.125. The number of fused-ring (bicyclic) bond motifs is 1. The Balaban J connectivity index is 1.80. The van der Waals surface area contributed by atoms with Gasteiger partial charge < -0.3 is 4.74 Å². The van der Waals surface area contributed by atoms with Gasteiger partial charge in [-0.2, -0.15) is 5.26 Å². The second-order valence-corrected chi connectivity index (χ2v) is 5.35. The lowest BCUT2D eigenvalue weighted by Crippen LogP contribution is -2.02. The van der Waals surface area contributed by atoms with E-state index in [9.17, 15) is 5.26 Å². The average molecular weight is 280 g/mol. The third-order valence-electron chi connectivity index (χ3n) is 2.99. The molecule has 3 rings (SSSR count). The Morgan fingerprint density at radius 2 is 2.10 bits per heavy atom. The number of nitrogens with zero attached hydrogens (tertiary/aromatic N) is 2. The van der Waals surface area contributed by atoms with Gasteiger partial charge in [-0.25, -0.2) is 4.98 Å².